The highest BCUT2D eigenvalue weighted by Gasteiger charge is 2.19. The molecule has 0 radical (unpaired) electrons. The highest BCUT2D eigenvalue weighted by atomic mass is 32.2. The molecule has 0 saturated heterocycles. The lowest BCUT2D eigenvalue weighted by molar-refractivity contribution is 0.0528. The highest BCUT2D eigenvalue weighted by Crippen LogP contribution is 2.21. The van der Waals surface area contributed by atoms with E-state index in [2.05, 4.69) is 10.3 Å². The molecule has 0 unspecified atom stereocenters. The summed E-state index contributed by atoms with van der Waals surface area (Å²) in [6, 6.07) is 8.34. The van der Waals surface area contributed by atoms with Crippen molar-refractivity contribution < 1.29 is 23.1 Å². The van der Waals surface area contributed by atoms with Crippen LogP contribution in [0.1, 0.15) is 26.3 Å². The quantitative estimate of drug-likeness (QED) is 0.829. The number of rotatable bonds is 5. The largest absolute Gasteiger partial charge is 0.508 e. The van der Waals surface area contributed by atoms with Gasteiger partial charge in [0, 0.05) is 12.7 Å². The highest BCUT2D eigenvalue weighted by molar-refractivity contribution is 7.91. The van der Waals surface area contributed by atoms with Crippen LogP contribution in [-0.2, 0) is 21.0 Å². The van der Waals surface area contributed by atoms with E-state index in [1.165, 1.54) is 36.5 Å². The molecule has 2 N–H and O–H groups in total. The summed E-state index contributed by atoms with van der Waals surface area (Å²) >= 11 is 0. The first-order chi connectivity index (χ1) is 12.1. The molecule has 0 aliphatic carbocycles. The fraction of sp³-hybridized carbons (Fsp3) is 0.333. The van der Waals surface area contributed by atoms with Crippen LogP contribution in [0, 0.1) is 0 Å². The fourth-order valence-corrected chi connectivity index (χ4v) is 3.26. The first-order valence-corrected chi connectivity index (χ1v) is 9.52. The Labute approximate surface area is 153 Å². The topological polar surface area (TPSA) is 106 Å². The Bertz CT molecular complexity index is 854. The Morgan fingerprint density at radius 2 is 1.81 bits per heavy atom. The number of alkyl carbamates (subject to hydrolysis) is 1. The molecule has 2 rings (SSSR count). The molecule has 0 spiro atoms. The molecule has 0 atom stereocenters. The van der Waals surface area contributed by atoms with Crippen LogP contribution < -0.4 is 5.32 Å². The third-order valence-electron chi connectivity index (χ3n) is 3.30. The van der Waals surface area contributed by atoms with Crippen LogP contribution in [0.2, 0.25) is 0 Å². The van der Waals surface area contributed by atoms with Crippen molar-refractivity contribution in [1.82, 2.24) is 10.3 Å². The van der Waals surface area contributed by atoms with Crippen LogP contribution in [0.25, 0.3) is 0 Å². The summed E-state index contributed by atoms with van der Waals surface area (Å²) in [6.07, 6.45) is 1.45. The molecule has 7 nitrogen and oxygen atoms in total. The van der Waals surface area contributed by atoms with E-state index >= 15 is 0 Å². The zero-order valence-corrected chi connectivity index (χ0v) is 15.7. The lowest BCUT2D eigenvalue weighted by Gasteiger charge is -2.19. The third-order valence-corrected chi connectivity index (χ3v) is 4.99. The number of hydrogen-bond donors (Lipinski definition) is 2. The normalized spacial score (nSPS) is 11.8. The molecule has 1 aromatic heterocycles. The van der Waals surface area contributed by atoms with Crippen LogP contribution in [0.3, 0.4) is 0 Å². The Morgan fingerprint density at radius 3 is 2.35 bits per heavy atom. The Kier molecular flexibility index (Phi) is 5.86. The molecule has 1 amide bonds. The maximum atomic E-state index is 12.5. The number of phenolic OH excluding ortho intramolecular Hbond substituents is 1. The number of benzene rings is 1. The van der Waals surface area contributed by atoms with E-state index in [4.69, 9.17) is 4.74 Å². The maximum Gasteiger partial charge on any atom is 0.407 e. The molecule has 1 heterocycles. The van der Waals surface area contributed by atoms with Gasteiger partial charge in [-0.15, -0.1) is 0 Å². The predicted octanol–water partition coefficient (Wildman–Crippen LogP) is 2.69. The van der Waals surface area contributed by atoms with Crippen LogP contribution in [0.15, 0.2) is 52.5 Å². The number of carbonyl (C=O) groups is 1. The van der Waals surface area contributed by atoms with E-state index in [0.717, 1.165) is 5.56 Å². The van der Waals surface area contributed by atoms with Crippen molar-refractivity contribution in [2.45, 2.75) is 42.7 Å². The molecule has 1 aromatic carbocycles. The number of pyridine rings is 1. The first kappa shape index (κ1) is 19.7. The van der Waals surface area contributed by atoms with Crippen LogP contribution in [0.4, 0.5) is 4.79 Å². The third kappa shape index (κ3) is 5.45. The van der Waals surface area contributed by atoms with Gasteiger partial charge < -0.3 is 15.2 Å². The van der Waals surface area contributed by atoms with Gasteiger partial charge in [0.05, 0.1) is 4.90 Å². The number of aromatic nitrogens is 1. The van der Waals surface area contributed by atoms with Gasteiger partial charge in [-0.05, 0) is 63.1 Å². The SMILES string of the molecule is CC(C)(C)OC(=O)NCCc1ccc(S(=O)(=O)c2ccc(O)cc2)nc1. The number of nitrogens with zero attached hydrogens (tertiary/aromatic N) is 1. The standard InChI is InChI=1S/C18H22N2O5S/c1-18(2,3)25-17(22)19-11-10-13-4-9-16(20-12-13)26(23,24)15-7-5-14(21)6-8-15/h4-9,12,21H,10-11H2,1-3H3,(H,19,22). The Hall–Kier alpha value is -2.61. The minimum atomic E-state index is -3.74. The van der Waals surface area contributed by atoms with Gasteiger partial charge in [-0.25, -0.2) is 18.2 Å². The second-order valence-electron chi connectivity index (χ2n) is 6.68. The summed E-state index contributed by atoms with van der Waals surface area (Å²) in [6.45, 7) is 5.69. The Morgan fingerprint density at radius 1 is 1.15 bits per heavy atom. The van der Waals surface area contributed by atoms with E-state index in [9.17, 15) is 18.3 Å². The molecule has 0 bridgehead atoms. The van der Waals surface area contributed by atoms with Crippen LogP contribution in [-0.4, -0.2) is 36.7 Å². The van der Waals surface area contributed by atoms with E-state index < -0.39 is 21.5 Å². The minimum absolute atomic E-state index is 0.00950. The Balaban J connectivity index is 1.98. The second kappa shape index (κ2) is 7.74. The van der Waals surface area contributed by atoms with E-state index in [0.29, 0.717) is 13.0 Å². The van der Waals surface area contributed by atoms with Crippen molar-refractivity contribution in [3.05, 3.63) is 48.2 Å². The van der Waals surface area contributed by atoms with Gasteiger partial charge >= 0.3 is 6.09 Å². The fourth-order valence-electron chi connectivity index (χ4n) is 2.09. The summed E-state index contributed by atoms with van der Waals surface area (Å²) < 4.78 is 30.1. The molecule has 140 valence electrons. The molecule has 26 heavy (non-hydrogen) atoms. The molecular weight excluding hydrogens is 356 g/mol. The lowest BCUT2D eigenvalue weighted by atomic mass is 10.2. The van der Waals surface area contributed by atoms with Crippen molar-refractivity contribution >= 4 is 15.9 Å². The van der Waals surface area contributed by atoms with Crippen molar-refractivity contribution in [2.75, 3.05) is 6.54 Å². The van der Waals surface area contributed by atoms with E-state index in [-0.39, 0.29) is 15.7 Å². The average Bonchev–Trinajstić information content (AvgIpc) is 2.54. The van der Waals surface area contributed by atoms with Crippen molar-refractivity contribution in [3.8, 4) is 5.75 Å². The second-order valence-corrected chi connectivity index (χ2v) is 8.58. The van der Waals surface area contributed by atoms with Gasteiger partial charge in [0.15, 0.2) is 5.03 Å². The lowest BCUT2D eigenvalue weighted by Crippen LogP contribution is -2.33. The monoisotopic (exact) mass is 378 g/mol. The smallest absolute Gasteiger partial charge is 0.407 e. The van der Waals surface area contributed by atoms with Gasteiger partial charge in [0.1, 0.15) is 11.4 Å². The number of carbonyl (C=O) groups excluding carboxylic acids is 1. The zero-order chi connectivity index (χ0) is 19.4. The van der Waals surface area contributed by atoms with Gasteiger partial charge in [0.2, 0.25) is 9.84 Å². The van der Waals surface area contributed by atoms with Crippen molar-refractivity contribution in [2.24, 2.45) is 0 Å². The van der Waals surface area contributed by atoms with Crippen LogP contribution >= 0.6 is 0 Å². The summed E-state index contributed by atoms with van der Waals surface area (Å²) in [5, 5.41) is 11.8. The molecule has 0 saturated carbocycles. The molecule has 0 aliphatic heterocycles. The molecule has 8 heteroatoms. The first-order valence-electron chi connectivity index (χ1n) is 8.04. The summed E-state index contributed by atoms with van der Waals surface area (Å²) in [7, 11) is -3.74. The molecule has 0 fully saturated rings. The number of nitrogens with one attached hydrogen (secondary N) is 1. The number of hydrogen-bond acceptors (Lipinski definition) is 6. The average molecular weight is 378 g/mol. The van der Waals surface area contributed by atoms with Crippen LogP contribution in [0.5, 0.6) is 5.75 Å². The van der Waals surface area contributed by atoms with E-state index in [1.807, 2.05) is 0 Å². The number of aromatic hydroxyl groups is 1. The molecular formula is C18H22N2O5S. The van der Waals surface area contributed by atoms with Crippen molar-refractivity contribution in [1.29, 1.82) is 0 Å². The summed E-state index contributed by atoms with van der Waals surface area (Å²) in [4.78, 5) is 15.6. The van der Waals surface area contributed by atoms with Gasteiger partial charge in [-0.3, -0.25) is 0 Å². The number of amides is 1. The van der Waals surface area contributed by atoms with Gasteiger partial charge in [0.25, 0.3) is 0 Å². The number of phenols is 1. The maximum absolute atomic E-state index is 12.5. The number of ether oxygens (including phenoxy) is 1. The predicted molar refractivity (Wildman–Crippen MR) is 95.7 cm³/mol. The molecule has 0 aliphatic rings. The summed E-state index contributed by atoms with van der Waals surface area (Å²) in [5.74, 6) is -0.00950. The zero-order valence-electron chi connectivity index (χ0n) is 14.9. The van der Waals surface area contributed by atoms with Crippen molar-refractivity contribution in [3.63, 3.8) is 0 Å². The number of sulfone groups is 1. The van der Waals surface area contributed by atoms with E-state index in [1.54, 1.807) is 26.8 Å². The summed E-state index contributed by atoms with van der Waals surface area (Å²) in [5.41, 5.74) is 0.223. The van der Waals surface area contributed by atoms with Gasteiger partial charge in [-0.2, -0.15) is 0 Å². The molecule has 2 aromatic rings. The van der Waals surface area contributed by atoms with Gasteiger partial charge in [-0.1, -0.05) is 6.07 Å². The minimum Gasteiger partial charge on any atom is -0.508 e.